The van der Waals surface area contributed by atoms with E-state index in [1.54, 1.807) is 11.0 Å². The van der Waals surface area contributed by atoms with Gasteiger partial charge in [-0.3, -0.25) is 9.59 Å². The fourth-order valence-corrected chi connectivity index (χ4v) is 4.84. The molecule has 0 aliphatic heterocycles. The van der Waals surface area contributed by atoms with Gasteiger partial charge in [0.1, 0.15) is 11.8 Å². The van der Waals surface area contributed by atoms with Crippen molar-refractivity contribution in [3.8, 4) is 5.75 Å². The third-order valence-corrected chi connectivity index (χ3v) is 6.86. The molecular formula is C28H31ClN2O3. The minimum atomic E-state index is -0.597. The van der Waals surface area contributed by atoms with Gasteiger partial charge in [0.2, 0.25) is 5.91 Å². The van der Waals surface area contributed by atoms with E-state index in [-0.39, 0.29) is 31.0 Å². The smallest absolute Gasteiger partial charge is 0.261 e. The molecule has 0 aromatic heterocycles. The van der Waals surface area contributed by atoms with E-state index in [0.717, 1.165) is 42.0 Å². The summed E-state index contributed by atoms with van der Waals surface area (Å²) in [6.07, 6.45) is 4.74. The molecule has 3 aromatic rings. The van der Waals surface area contributed by atoms with Crippen molar-refractivity contribution in [2.45, 2.75) is 57.7 Å². The van der Waals surface area contributed by atoms with Crippen LogP contribution in [0.1, 0.15) is 44.6 Å². The predicted molar refractivity (Wildman–Crippen MR) is 136 cm³/mol. The highest BCUT2D eigenvalue weighted by Gasteiger charge is 2.31. The number of carbonyl (C=O) groups is 2. The summed E-state index contributed by atoms with van der Waals surface area (Å²) >= 11 is 6.41. The van der Waals surface area contributed by atoms with Crippen molar-refractivity contribution < 1.29 is 14.3 Å². The van der Waals surface area contributed by atoms with E-state index in [2.05, 4.69) is 5.32 Å². The summed E-state index contributed by atoms with van der Waals surface area (Å²) in [4.78, 5) is 28.3. The second kappa shape index (κ2) is 11.4. The first kappa shape index (κ1) is 24.1. The molecule has 1 aliphatic carbocycles. The number of hydrogen-bond acceptors (Lipinski definition) is 3. The summed E-state index contributed by atoms with van der Waals surface area (Å²) in [5.74, 6) is 0.286. The van der Waals surface area contributed by atoms with Gasteiger partial charge in [0.05, 0.1) is 0 Å². The Balaban J connectivity index is 1.55. The number of ether oxygens (including phenoxy) is 1. The maximum absolute atomic E-state index is 13.5. The summed E-state index contributed by atoms with van der Waals surface area (Å²) in [6, 6.07) is 20.7. The molecule has 1 N–H and O–H groups in total. The first-order chi connectivity index (χ1) is 16.6. The molecule has 178 valence electrons. The van der Waals surface area contributed by atoms with Gasteiger partial charge in [-0.1, -0.05) is 86.0 Å². The van der Waals surface area contributed by atoms with Gasteiger partial charge in [0.25, 0.3) is 5.91 Å². The van der Waals surface area contributed by atoms with Gasteiger partial charge in [-0.25, -0.2) is 0 Å². The minimum absolute atomic E-state index is 0.111. The molecule has 4 rings (SSSR count). The summed E-state index contributed by atoms with van der Waals surface area (Å²) in [6.45, 7) is 2.01. The fraction of sp³-hybridized carbons (Fsp3) is 0.357. The average Bonchev–Trinajstić information content (AvgIpc) is 3.36. The van der Waals surface area contributed by atoms with Crippen LogP contribution in [0.2, 0.25) is 5.02 Å². The summed E-state index contributed by atoms with van der Waals surface area (Å²) in [5.41, 5.74) is 0.801. The lowest BCUT2D eigenvalue weighted by Crippen LogP contribution is -2.52. The topological polar surface area (TPSA) is 58.6 Å². The number of carbonyl (C=O) groups excluding carboxylic acids is 2. The van der Waals surface area contributed by atoms with Crippen LogP contribution in [0.3, 0.4) is 0 Å². The van der Waals surface area contributed by atoms with Gasteiger partial charge in [-0.2, -0.15) is 0 Å². The maximum atomic E-state index is 13.5. The van der Waals surface area contributed by atoms with Gasteiger partial charge in [0, 0.05) is 23.0 Å². The lowest BCUT2D eigenvalue weighted by molar-refractivity contribution is -0.143. The van der Waals surface area contributed by atoms with Crippen LogP contribution in [0.25, 0.3) is 10.8 Å². The standard InChI is InChI=1S/C28H31ClN2O3/c1-2-25(28(33)30-22-13-5-6-14-22)31(18-21-11-4-8-16-24(21)29)27(32)19-34-26-17-9-12-20-10-3-7-15-23(20)26/h3-4,7-12,15-17,22,25H,2,5-6,13-14,18-19H2,1H3,(H,30,33). The Kier molecular flexibility index (Phi) is 8.07. The van der Waals surface area contributed by atoms with E-state index in [1.807, 2.05) is 67.6 Å². The maximum Gasteiger partial charge on any atom is 0.261 e. The zero-order valence-electron chi connectivity index (χ0n) is 19.5. The Hall–Kier alpha value is -3.05. The number of nitrogens with one attached hydrogen (secondary N) is 1. The molecule has 34 heavy (non-hydrogen) atoms. The Morgan fingerprint density at radius 2 is 1.74 bits per heavy atom. The van der Waals surface area contributed by atoms with E-state index in [0.29, 0.717) is 17.2 Å². The second-order valence-corrected chi connectivity index (χ2v) is 9.20. The van der Waals surface area contributed by atoms with E-state index in [1.165, 1.54) is 0 Å². The van der Waals surface area contributed by atoms with Gasteiger partial charge in [-0.15, -0.1) is 0 Å². The number of rotatable bonds is 9. The molecule has 3 aromatic carbocycles. The Morgan fingerprint density at radius 3 is 2.50 bits per heavy atom. The molecule has 1 atom stereocenters. The van der Waals surface area contributed by atoms with Crippen molar-refractivity contribution in [1.82, 2.24) is 10.2 Å². The Labute approximate surface area is 206 Å². The second-order valence-electron chi connectivity index (χ2n) is 8.79. The number of benzene rings is 3. The van der Waals surface area contributed by atoms with Crippen molar-refractivity contribution in [2.75, 3.05) is 6.61 Å². The van der Waals surface area contributed by atoms with Crippen molar-refractivity contribution in [3.63, 3.8) is 0 Å². The van der Waals surface area contributed by atoms with Crippen molar-refractivity contribution in [3.05, 3.63) is 77.3 Å². The Bertz CT molecular complexity index is 1140. The SMILES string of the molecule is CCC(C(=O)NC1CCCC1)N(Cc1ccccc1Cl)C(=O)COc1cccc2ccccc12. The number of hydrogen-bond donors (Lipinski definition) is 1. The van der Waals surface area contributed by atoms with Crippen LogP contribution in [0.15, 0.2) is 66.7 Å². The van der Waals surface area contributed by atoms with Crippen LogP contribution in [-0.4, -0.2) is 35.4 Å². The number of amides is 2. The molecule has 1 fully saturated rings. The van der Waals surface area contributed by atoms with Crippen LogP contribution in [0.5, 0.6) is 5.75 Å². The molecule has 0 heterocycles. The molecule has 0 saturated heterocycles. The van der Waals surface area contributed by atoms with Gasteiger partial charge in [0.15, 0.2) is 6.61 Å². The molecule has 1 unspecified atom stereocenters. The lowest BCUT2D eigenvalue weighted by Gasteiger charge is -2.31. The van der Waals surface area contributed by atoms with Crippen LogP contribution < -0.4 is 10.1 Å². The molecule has 5 nitrogen and oxygen atoms in total. The molecular weight excluding hydrogens is 448 g/mol. The third kappa shape index (κ3) is 5.71. The molecule has 0 radical (unpaired) electrons. The highest BCUT2D eigenvalue weighted by Crippen LogP contribution is 2.26. The average molecular weight is 479 g/mol. The van der Waals surface area contributed by atoms with Crippen molar-refractivity contribution in [2.24, 2.45) is 0 Å². The van der Waals surface area contributed by atoms with E-state index in [4.69, 9.17) is 16.3 Å². The summed E-state index contributed by atoms with van der Waals surface area (Å²) in [5, 5.41) is 5.72. The third-order valence-electron chi connectivity index (χ3n) is 6.49. The predicted octanol–water partition coefficient (Wildman–Crippen LogP) is 5.74. The van der Waals surface area contributed by atoms with Crippen LogP contribution in [-0.2, 0) is 16.1 Å². The molecule has 1 saturated carbocycles. The highest BCUT2D eigenvalue weighted by atomic mass is 35.5. The number of halogens is 1. The van der Waals surface area contributed by atoms with Gasteiger partial charge in [-0.05, 0) is 42.3 Å². The lowest BCUT2D eigenvalue weighted by atomic mass is 10.1. The highest BCUT2D eigenvalue weighted by molar-refractivity contribution is 6.31. The zero-order valence-corrected chi connectivity index (χ0v) is 20.3. The van der Waals surface area contributed by atoms with Crippen LogP contribution >= 0.6 is 11.6 Å². The fourth-order valence-electron chi connectivity index (χ4n) is 4.64. The molecule has 1 aliphatic rings. The molecule has 0 spiro atoms. The largest absolute Gasteiger partial charge is 0.483 e. The first-order valence-corrected chi connectivity index (χ1v) is 12.4. The van der Waals surface area contributed by atoms with Gasteiger partial charge < -0.3 is 15.0 Å². The number of fused-ring (bicyclic) bond motifs is 1. The first-order valence-electron chi connectivity index (χ1n) is 12.0. The Morgan fingerprint density at radius 1 is 1.03 bits per heavy atom. The molecule has 2 amide bonds. The van der Waals surface area contributed by atoms with E-state index >= 15 is 0 Å². The minimum Gasteiger partial charge on any atom is -0.483 e. The summed E-state index contributed by atoms with van der Waals surface area (Å²) < 4.78 is 5.98. The molecule has 0 bridgehead atoms. The summed E-state index contributed by atoms with van der Waals surface area (Å²) in [7, 11) is 0. The van der Waals surface area contributed by atoms with Crippen LogP contribution in [0, 0.1) is 0 Å². The number of nitrogens with zero attached hydrogens (tertiary/aromatic N) is 1. The van der Waals surface area contributed by atoms with Crippen molar-refractivity contribution >= 4 is 34.2 Å². The zero-order chi connectivity index (χ0) is 23.9. The van der Waals surface area contributed by atoms with Crippen molar-refractivity contribution in [1.29, 1.82) is 0 Å². The van der Waals surface area contributed by atoms with E-state index in [9.17, 15) is 9.59 Å². The van der Waals surface area contributed by atoms with E-state index < -0.39 is 6.04 Å². The molecule has 6 heteroatoms. The van der Waals surface area contributed by atoms with Crippen LogP contribution in [0.4, 0.5) is 0 Å². The normalized spacial score (nSPS) is 14.6. The monoisotopic (exact) mass is 478 g/mol. The van der Waals surface area contributed by atoms with Gasteiger partial charge >= 0.3 is 0 Å². The quantitative estimate of drug-likeness (QED) is 0.426.